The molecule has 1 aromatic rings. The highest BCUT2D eigenvalue weighted by atomic mass is 79.9. The molecule has 0 saturated heterocycles. The Morgan fingerprint density at radius 3 is 2.42 bits per heavy atom. The van der Waals surface area contributed by atoms with Gasteiger partial charge in [0.15, 0.2) is 0 Å². The van der Waals surface area contributed by atoms with Gasteiger partial charge in [0, 0.05) is 16.1 Å². The Kier molecular flexibility index (Phi) is 3.42. The normalized spacial score (nSPS) is 28.7. The van der Waals surface area contributed by atoms with Crippen molar-refractivity contribution in [3.05, 3.63) is 27.7 Å². The van der Waals surface area contributed by atoms with Crippen LogP contribution in [0.1, 0.15) is 36.8 Å². The lowest BCUT2D eigenvalue weighted by Gasteiger charge is -2.22. The maximum atomic E-state index is 12.5. The van der Waals surface area contributed by atoms with Crippen LogP contribution in [-0.4, -0.2) is 5.91 Å². The van der Waals surface area contributed by atoms with Crippen LogP contribution >= 0.6 is 15.9 Å². The number of aryl methyl sites for hydroxylation is 2. The van der Waals surface area contributed by atoms with Crippen LogP contribution in [0.5, 0.6) is 0 Å². The molecule has 2 nitrogen and oxygen atoms in total. The predicted octanol–water partition coefficient (Wildman–Crippen LogP) is 4.44. The molecule has 0 spiro atoms. The van der Waals surface area contributed by atoms with E-state index in [0.717, 1.165) is 33.6 Å². The third-order valence-corrected chi connectivity index (χ3v) is 5.28. The van der Waals surface area contributed by atoms with E-state index in [9.17, 15) is 4.79 Å². The minimum absolute atomic E-state index is 0.237. The van der Waals surface area contributed by atoms with Crippen LogP contribution in [0.15, 0.2) is 16.6 Å². The summed E-state index contributed by atoms with van der Waals surface area (Å²) < 4.78 is 1.07. The smallest absolute Gasteiger partial charge is 0.227 e. The average Bonchev–Trinajstić information content (AvgIpc) is 2.95. The van der Waals surface area contributed by atoms with Gasteiger partial charge in [-0.15, -0.1) is 0 Å². The molecule has 1 aromatic carbocycles. The topological polar surface area (TPSA) is 29.1 Å². The number of amides is 1. The summed E-state index contributed by atoms with van der Waals surface area (Å²) >= 11 is 3.49. The van der Waals surface area contributed by atoms with E-state index in [1.54, 1.807) is 0 Å². The number of anilines is 1. The van der Waals surface area contributed by atoms with Crippen molar-refractivity contribution in [2.45, 2.75) is 39.5 Å². The number of halogens is 1. The number of rotatable bonds is 2. The van der Waals surface area contributed by atoms with Crippen molar-refractivity contribution >= 4 is 27.5 Å². The fourth-order valence-electron chi connectivity index (χ4n) is 3.89. The van der Waals surface area contributed by atoms with Gasteiger partial charge in [-0.25, -0.2) is 0 Å². The summed E-state index contributed by atoms with van der Waals surface area (Å²) in [7, 11) is 0. The van der Waals surface area contributed by atoms with Gasteiger partial charge in [0.1, 0.15) is 0 Å². The van der Waals surface area contributed by atoms with Crippen LogP contribution in [0.25, 0.3) is 0 Å². The number of carbonyl (C=O) groups excluding carboxylic acids is 1. The lowest BCUT2D eigenvalue weighted by molar-refractivity contribution is -0.121. The van der Waals surface area contributed by atoms with Crippen LogP contribution in [0, 0.1) is 31.6 Å². The zero-order valence-corrected chi connectivity index (χ0v) is 13.1. The summed E-state index contributed by atoms with van der Waals surface area (Å²) in [6.07, 6.45) is 4.97. The minimum Gasteiger partial charge on any atom is -0.325 e. The summed E-state index contributed by atoms with van der Waals surface area (Å²) in [4.78, 5) is 12.5. The minimum atomic E-state index is 0.237. The lowest BCUT2D eigenvalue weighted by Crippen LogP contribution is -2.27. The molecule has 0 radical (unpaired) electrons. The van der Waals surface area contributed by atoms with Crippen LogP contribution in [0.4, 0.5) is 5.69 Å². The first-order valence-corrected chi connectivity index (χ1v) is 7.91. The molecule has 0 aromatic heterocycles. The van der Waals surface area contributed by atoms with E-state index in [1.165, 1.54) is 19.3 Å². The van der Waals surface area contributed by atoms with E-state index in [4.69, 9.17) is 0 Å². The van der Waals surface area contributed by atoms with Crippen molar-refractivity contribution in [2.24, 2.45) is 17.8 Å². The molecule has 3 rings (SSSR count). The van der Waals surface area contributed by atoms with Crippen LogP contribution < -0.4 is 5.32 Å². The Labute approximate surface area is 123 Å². The van der Waals surface area contributed by atoms with Gasteiger partial charge in [0.05, 0.1) is 0 Å². The van der Waals surface area contributed by atoms with Gasteiger partial charge in [0.25, 0.3) is 0 Å². The van der Waals surface area contributed by atoms with Crippen molar-refractivity contribution < 1.29 is 4.79 Å². The Hall–Kier alpha value is -0.830. The van der Waals surface area contributed by atoms with Gasteiger partial charge in [-0.1, -0.05) is 22.4 Å². The molecule has 2 aliphatic rings. The molecule has 2 bridgehead atoms. The van der Waals surface area contributed by atoms with E-state index in [2.05, 4.69) is 33.4 Å². The predicted molar refractivity (Wildman–Crippen MR) is 81.2 cm³/mol. The molecule has 2 aliphatic carbocycles. The average molecular weight is 322 g/mol. The molecule has 0 aliphatic heterocycles. The second kappa shape index (κ2) is 4.93. The SMILES string of the molecule is Cc1cc(Br)cc(C)c1NC(=O)C1CC2CCC1C2. The van der Waals surface area contributed by atoms with Gasteiger partial charge in [-0.3, -0.25) is 4.79 Å². The molecule has 2 fully saturated rings. The molecule has 19 heavy (non-hydrogen) atoms. The lowest BCUT2D eigenvalue weighted by atomic mass is 9.88. The first-order chi connectivity index (χ1) is 9.04. The first-order valence-electron chi connectivity index (χ1n) is 7.12. The van der Waals surface area contributed by atoms with E-state index in [1.807, 2.05) is 13.8 Å². The van der Waals surface area contributed by atoms with Crippen LogP contribution in [-0.2, 0) is 4.79 Å². The Morgan fingerprint density at radius 1 is 1.21 bits per heavy atom. The van der Waals surface area contributed by atoms with E-state index < -0.39 is 0 Å². The van der Waals surface area contributed by atoms with Gasteiger partial charge >= 0.3 is 0 Å². The van der Waals surface area contributed by atoms with Crippen molar-refractivity contribution in [3.8, 4) is 0 Å². The maximum absolute atomic E-state index is 12.5. The highest BCUT2D eigenvalue weighted by molar-refractivity contribution is 9.10. The van der Waals surface area contributed by atoms with Crippen LogP contribution in [0.3, 0.4) is 0 Å². The largest absolute Gasteiger partial charge is 0.325 e. The summed E-state index contributed by atoms with van der Waals surface area (Å²) in [5, 5.41) is 3.17. The highest BCUT2D eigenvalue weighted by Crippen LogP contribution is 2.48. The molecular formula is C16H20BrNO. The van der Waals surface area contributed by atoms with E-state index >= 15 is 0 Å². The zero-order valence-electron chi connectivity index (χ0n) is 11.5. The van der Waals surface area contributed by atoms with Gasteiger partial charge in [-0.05, 0) is 68.2 Å². The Balaban J connectivity index is 1.77. The summed E-state index contributed by atoms with van der Waals surface area (Å²) in [5.41, 5.74) is 3.25. The molecule has 3 atom stereocenters. The summed E-state index contributed by atoms with van der Waals surface area (Å²) in [5.74, 6) is 1.94. The fraction of sp³-hybridized carbons (Fsp3) is 0.562. The molecular weight excluding hydrogens is 302 g/mol. The quantitative estimate of drug-likeness (QED) is 0.857. The number of benzene rings is 1. The standard InChI is InChI=1S/C16H20BrNO/c1-9-5-13(17)6-10(2)15(9)18-16(19)14-8-11-3-4-12(14)7-11/h5-6,11-12,14H,3-4,7-8H2,1-2H3,(H,18,19). The monoisotopic (exact) mass is 321 g/mol. The van der Waals surface area contributed by atoms with Crippen molar-refractivity contribution in [1.29, 1.82) is 0 Å². The van der Waals surface area contributed by atoms with E-state index in [0.29, 0.717) is 5.92 Å². The molecule has 102 valence electrons. The second-order valence-corrected chi connectivity index (χ2v) is 7.10. The third kappa shape index (κ3) is 2.45. The number of hydrogen-bond acceptors (Lipinski definition) is 1. The van der Waals surface area contributed by atoms with Gasteiger partial charge < -0.3 is 5.32 Å². The summed E-state index contributed by atoms with van der Waals surface area (Å²) in [6, 6.07) is 4.12. The van der Waals surface area contributed by atoms with Crippen molar-refractivity contribution in [2.75, 3.05) is 5.32 Å². The fourth-order valence-corrected chi connectivity index (χ4v) is 4.58. The molecule has 3 heteroatoms. The molecule has 2 saturated carbocycles. The Bertz CT molecular complexity index is 502. The number of nitrogens with one attached hydrogen (secondary N) is 1. The highest BCUT2D eigenvalue weighted by Gasteiger charge is 2.43. The number of hydrogen-bond donors (Lipinski definition) is 1. The van der Waals surface area contributed by atoms with Gasteiger partial charge in [-0.2, -0.15) is 0 Å². The molecule has 0 heterocycles. The molecule has 1 amide bonds. The molecule has 1 N–H and O–H groups in total. The summed E-state index contributed by atoms with van der Waals surface area (Å²) in [6.45, 7) is 4.10. The van der Waals surface area contributed by atoms with Crippen LogP contribution in [0.2, 0.25) is 0 Å². The zero-order chi connectivity index (χ0) is 13.6. The molecule has 3 unspecified atom stereocenters. The van der Waals surface area contributed by atoms with Crippen molar-refractivity contribution in [1.82, 2.24) is 0 Å². The Morgan fingerprint density at radius 2 is 1.89 bits per heavy atom. The van der Waals surface area contributed by atoms with Gasteiger partial charge in [0.2, 0.25) is 5.91 Å². The number of fused-ring (bicyclic) bond motifs is 2. The second-order valence-electron chi connectivity index (χ2n) is 6.19. The maximum Gasteiger partial charge on any atom is 0.227 e. The number of carbonyl (C=O) groups is 1. The first kappa shape index (κ1) is 13.2. The van der Waals surface area contributed by atoms with E-state index in [-0.39, 0.29) is 11.8 Å². The van der Waals surface area contributed by atoms with Crippen molar-refractivity contribution in [3.63, 3.8) is 0 Å². The third-order valence-electron chi connectivity index (χ3n) is 4.82.